The Morgan fingerprint density at radius 3 is 2.33 bits per heavy atom. The maximum absolute atomic E-state index is 9.41. The quantitative estimate of drug-likeness (QED) is 0.850. The summed E-state index contributed by atoms with van der Waals surface area (Å²) in [4.78, 5) is 1.30. The molecule has 2 aromatic rings. The fourth-order valence-corrected chi connectivity index (χ4v) is 3.25. The van der Waals surface area contributed by atoms with Crippen LogP contribution in [0.25, 0.3) is 0 Å². The van der Waals surface area contributed by atoms with Crippen molar-refractivity contribution in [1.82, 2.24) is 4.57 Å². The van der Waals surface area contributed by atoms with Crippen LogP contribution in [0, 0.1) is 36.7 Å². The van der Waals surface area contributed by atoms with Gasteiger partial charge in [0.05, 0.1) is 19.7 Å². The molecule has 0 radical (unpaired) electrons. The third kappa shape index (κ3) is 3.66. The summed E-state index contributed by atoms with van der Waals surface area (Å²) in [5.74, 6) is 0.863. The zero-order chi connectivity index (χ0) is 17.9. The molecule has 1 aromatic carbocycles. The molecule has 1 aromatic heterocycles. The maximum Gasteiger partial charge on any atom is 0.157 e. The number of methoxy groups -OCH3 is 1. The number of hydrogen-bond donors (Lipinski definition) is 1. The smallest absolute Gasteiger partial charge is 0.157 e. The van der Waals surface area contributed by atoms with Gasteiger partial charge < -0.3 is 9.64 Å². The number of aromatic nitrogens is 1. The molecule has 0 bridgehead atoms. The lowest BCUT2D eigenvalue weighted by Gasteiger charge is -2.21. The molecule has 0 saturated carbocycles. The molecule has 24 heavy (non-hydrogen) atoms. The van der Waals surface area contributed by atoms with E-state index in [1.165, 1.54) is 10.5 Å². The number of nitrogens with one attached hydrogen (secondary N) is 1. The predicted octanol–water partition coefficient (Wildman–Crippen LogP) is 2.70. The zero-order valence-corrected chi connectivity index (χ0v) is 15.8. The first-order valence-electron chi connectivity index (χ1n) is 7.94. The number of hydrogen-bond acceptors (Lipinski definition) is 3. The van der Waals surface area contributed by atoms with Crippen LogP contribution in [0.2, 0.25) is 0 Å². The third-order valence-corrected chi connectivity index (χ3v) is 4.97. The molecular weight excluding hydrogens is 318 g/mol. The fourth-order valence-electron chi connectivity index (χ4n) is 2.85. The summed E-state index contributed by atoms with van der Waals surface area (Å²) < 4.78 is 7.91. The van der Waals surface area contributed by atoms with Crippen LogP contribution in [0.1, 0.15) is 27.9 Å². The molecule has 2 rings (SSSR count). The Kier molecular flexibility index (Phi) is 5.76. The summed E-state index contributed by atoms with van der Waals surface area (Å²) in [6, 6.07) is 10.4. The summed E-state index contributed by atoms with van der Waals surface area (Å²) in [6.45, 7) is 7.69. The molecule has 1 heterocycles. The lowest BCUT2D eigenvalue weighted by Crippen LogP contribution is -3.07. The standard InChI is InChI=1S/C19H23N3OS/c1-13-14(2)18(10-20)19(24)22(15(13)3)12-21(4)11-16-6-8-17(23-5)9-7-16/h6-9H,11-12H2,1-5H3/p+1. The Hall–Kier alpha value is -2.16. The van der Waals surface area contributed by atoms with E-state index in [0.29, 0.717) is 10.2 Å². The highest BCUT2D eigenvalue weighted by atomic mass is 32.1. The molecule has 1 unspecified atom stereocenters. The van der Waals surface area contributed by atoms with E-state index in [2.05, 4.69) is 43.7 Å². The van der Waals surface area contributed by atoms with Crippen LogP contribution in [0.15, 0.2) is 24.3 Å². The predicted molar refractivity (Wildman–Crippen MR) is 97.8 cm³/mol. The van der Waals surface area contributed by atoms with Crippen LogP contribution in [0.3, 0.4) is 0 Å². The van der Waals surface area contributed by atoms with Gasteiger partial charge in [0.25, 0.3) is 0 Å². The van der Waals surface area contributed by atoms with Crippen molar-refractivity contribution in [2.24, 2.45) is 0 Å². The molecule has 0 saturated heterocycles. The molecular formula is C19H24N3OS+. The van der Waals surface area contributed by atoms with Crippen molar-refractivity contribution in [1.29, 1.82) is 5.26 Å². The van der Waals surface area contributed by atoms with Crippen LogP contribution < -0.4 is 9.64 Å². The van der Waals surface area contributed by atoms with E-state index in [4.69, 9.17) is 17.0 Å². The van der Waals surface area contributed by atoms with E-state index < -0.39 is 0 Å². The summed E-state index contributed by atoms with van der Waals surface area (Å²) in [5, 5.41) is 9.41. The number of quaternary nitrogens is 1. The van der Waals surface area contributed by atoms with Gasteiger partial charge in [-0.3, -0.25) is 4.57 Å². The lowest BCUT2D eigenvalue weighted by atomic mass is 10.0. The van der Waals surface area contributed by atoms with E-state index in [1.54, 1.807) is 7.11 Å². The lowest BCUT2D eigenvalue weighted by molar-refractivity contribution is -0.917. The highest BCUT2D eigenvalue weighted by Crippen LogP contribution is 2.18. The van der Waals surface area contributed by atoms with Crippen molar-refractivity contribution in [3.63, 3.8) is 0 Å². The van der Waals surface area contributed by atoms with Gasteiger partial charge in [-0.05, 0) is 56.2 Å². The first-order chi connectivity index (χ1) is 11.4. The summed E-state index contributed by atoms with van der Waals surface area (Å²) >= 11 is 5.55. The van der Waals surface area contributed by atoms with Gasteiger partial charge >= 0.3 is 0 Å². The van der Waals surface area contributed by atoms with Gasteiger partial charge in [0.1, 0.15) is 23.0 Å². The molecule has 4 nitrogen and oxygen atoms in total. The van der Waals surface area contributed by atoms with E-state index >= 15 is 0 Å². The average Bonchev–Trinajstić information content (AvgIpc) is 2.58. The monoisotopic (exact) mass is 342 g/mol. The Morgan fingerprint density at radius 2 is 1.79 bits per heavy atom. The maximum atomic E-state index is 9.41. The summed E-state index contributed by atoms with van der Waals surface area (Å²) in [5.41, 5.74) is 5.11. The van der Waals surface area contributed by atoms with Gasteiger partial charge in [0, 0.05) is 11.3 Å². The van der Waals surface area contributed by atoms with Crippen LogP contribution in [0.4, 0.5) is 0 Å². The van der Waals surface area contributed by atoms with Crippen molar-refractivity contribution in [3.05, 3.63) is 56.9 Å². The number of nitrogens with zero attached hydrogens (tertiary/aromatic N) is 2. The molecule has 0 amide bonds. The van der Waals surface area contributed by atoms with Gasteiger partial charge in [-0.25, -0.2) is 0 Å². The number of benzene rings is 1. The van der Waals surface area contributed by atoms with Crippen LogP contribution in [0.5, 0.6) is 5.75 Å². The molecule has 0 aliphatic heterocycles. The second kappa shape index (κ2) is 7.61. The number of rotatable bonds is 5. The van der Waals surface area contributed by atoms with Crippen molar-refractivity contribution < 1.29 is 9.64 Å². The van der Waals surface area contributed by atoms with Gasteiger partial charge in [0.2, 0.25) is 0 Å². The van der Waals surface area contributed by atoms with E-state index in [1.807, 2.05) is 19.1 Å². The van der Waals surface area contributed by atoms with Crippen molar-refractivity contribution >= 4 is 12.2 Å². The minimum atomic E-state index is 0.616. The molecule has 5 heteroatoms. The SMILES string of the molecule is COc1ccc(C[NH+](C)Cn2c(C)c(C)c(C)c(C#N)c2=S)cc1. The van der Waals surface area contributed by atoms with E-state index in [0.717, 1.165) is 35.8 Å². The number of nitriles is 1. The molecule has 126 valence electrons. The molecule has 1 atom stereocenters. The van der Waals surface area contributed by atoms with Gasteiger partial charge in [-0.2, -0.15) is 5.26 Å². The number of pyridine rings is 1. The Labute approximate surface area is 148 Å². The van der Waals surface area contributed by atoms with E-state index in [9.17, 15) is 5.26 Å². The van der Waals surface area contributed by atoms with Gasteiger partial charge in [-0.15, -0.1) is 0 Å². The molecule has 1 N–H and O–H groups in total. The van der Waals surface area contributed by atoms with Gasteiger partial charge in [-0.1, -0.05) is 12.2 Å². The van der Waals surface area contributed by atoms with E-state index in [-0.39, 0.29) is 0 Å². The van der Waals surface area contributed by atoms with Crippen molar-refractivity contribution in [2.45, 2.75) is 34.0 Å². The minimum Gasteiger partial charge on any atom is -0.497 e. The van der Waals surface area contributed by atoms with Crippen LogP contribution in [-0.2, 0) is 13.2 Å². The molecule has 0 aliphatic carbocycles. The first-order valence-corrected chi connectivity index (χ1v) is 8.34. The highest BCUT2D eigenvalue weighted by Gasteiger charge is 2.14. The Morgan fingerprint density at radius 1 is 1.17 bits per heavy atom. The fraction of sp³-hybridized carbons (Fsp3) is 0.368. The van der Waals surface area contributed by atoms with Crippen molar-refractivity contribution in [3.8, 4) is 11.8 Å². The minimum absolute atomic E-state index is 0.616. The average molecular weight is 342 g/mol. The molecule has 0 spiro atoms. The third-order valence-electron chi connectivity index (χ3n) is 4.55. The largest absolute Gasteiger partial charge is 0.497 e. The second-order valence-electron chi connectivity index (χ2n) is 6.20. The topological polar surface area (TPSA) is 42.4 Å². The normalized spacial score (nSPS) is 11.8. The summed E-state index contributed by atoms with van der Waals surface area (Å²) in [6.07, 6.45) is 0. The Bertz CT molecular complexity index is 832. The van der Waals surface area contributed by atoms with Gasteiger partial charge in [0.15, 0.2) is 6.67 Å². The van der Waals surface area contributed by atoms with Crippen molar-refractivity contribution in [2.75, 3.05) is 14.2 Å². The highest BCUT2D eigenvalue weighted by molar-refractivity contribution is 7.71. The van der Waals surface area contributed by atoms with Crippen LogP contribution in [-0.4, -0.2) is 18.7 Å². The zero-order valence-electron chi connectivity index (χ0n) is 14.9. The first kappa shape index (κ1) is 18.2. The molecule has 0 aliphatic rings. The van der Waals surface area contributed by atoms with Crippen LogP contribution >= 0.6 is 12.2 Å². The second-order valence-corrected chi connectivity index (χ2v) is 6.58. The Balaban J connectivity index is 2.25. The summed E-state index contributed by atoms with van der Waals surface area (Å²) in [7, 11) is 3.80. The molecule has 0 fully saturated rings. The number of ether oxygens (including phenoxy) is 1.